The minimum absolute atomic E-state index is 0.0696. The first-order chi connectivity index (χ1) is 10.8. The van der Waals surface area contributed by atoms with Crippen molar-refractivity contribution in [1.29, 1.82) is 0 Å². The van der Waals surface area contributed by atoms with Crippen LogP contribution >= 0.6 is 0 Å². The van der Waals surface area contributed by atoms with E-state index in [-0.39, 0.29) is 23.5 Å². The molecular formula is C18H31N3O2. The average molecular weight is 321 g/mol. The van der Waals surface area contributed by atoms with Crippen LogP contribution in [0.1, 0.15) is 65.3 Å². The van der Waals surface area contributed by atoms with Gasteiger partial charge >= 0.3 is 6.03 Å². The lowest BCUT2D eigenvalue weighted by Crippen LogP contribution is -2.60. The molecule has 0 aliphatic heterocycles. The molecule has 1 aromatic rings. The second kappa shape index (κ2) is 7.37. The van der Waals surface area contributed by atoms with E-state index in [1.54, 1.807) is 0 Å². The molecule has 1 aliphatic carbocycles. The van der Waals surface area contributed by atoms with Crippen LogP contribution in [-0.2, 0) is 12.8 Å². The molecule has 0 aromatic carbocycles. The summed E-state index contributed by atoms with van der Waals surface area (Å²) in [6, 6.07) is 2.40. The van der Waals surface area contributed by atoms with E-state index in [1.807, 2.05) is 13.8 Å². The largest absolute Gasteiger partial charge is 0.361 e. The minimum Gasteiger partial charge on any atom is -0.361 e. The zero-order valence-corrected chi connectivity index (χ0v) is 15.1. The standard InChI is InChI=1S/C18H31N3O2/c1-6-7-8-15-11-14(21-23-15)9-13-10-16(18(13,4)5)20-17(22)19-12(2)3/h11-13,16H,6-10H2,1-5H3,(H2,19,20,22)/t13-,16+/m1/s1. The number of carbonyl (C=O) groups is 1. The second-order valence-electron chi connectivity index (χ2n) is 7.67. The van der Waals surface area contributed by atoms with Gasteiger partial charge < -0.3 is 15.2 Å². The van der Waals surface area contributed by atoms with Crippen molar-refractivity contribution in [2.45, 2.75) is 78.8 Å². The molecule has 1 heterocycles. The third-order valence-corrected chi connectivity index (χ3v) is 5.04. The summed E-state index contributed by atoms with van der Waals surface area (Å²) in [7, 11) is 0. The smallest absolute Gasteiger partial charge is 0.315 e. The van der Waals surface area contributed by atoms with E-state index in [4.69, 9.17) is 4.52 Å². The van der Waals surface area contributed by atoms with Gasteiger partial charge in [-0.15, -0.1) is 0 Å². The number of aromatic nitrogens is 1. The minimum atomic E-state index is -0.0696. The van der Waals surface area contributed by atoms with Gasteiger partial charge in [0.15, 0.2) is 0 Å². The van der Waals surface area contributed by atoms with Crippen LogP contribution in [0.15, 0.2) is 10.6 Å². The summed E-state index contributed by atoms with van der Waals surface area (Å²) in [5.41, 5.74) is 1.12. The fraction of sp³-hybridized carbons (Fsp3) is 0.778. The molecule has 130 valence electrons. The Morgan fingerprint density at radius 1 is 1.48 bits per heavy atom. The van der Waals surface area contributed by atoms with Crippen LogP contribution in [-0.4, -0.2) is 23.3 Å². The van der Waals surface area contributed by atoms with E-state index < -0.39 is 0 Å². The van der Waals surface area contributed by atoms with E-state index in [9.17, 15) is 4.79 Å². The molecule has 0 unspecified atom stereocenters. The van der Waals surface area contributed by atoms with Crippen LogP contribution in [0.25, 0.3) is 0 Å². The molecule has 1 aromatic heterocycles. The first-order valence-corrected chi connectivity index (χ1v) is 8.84. The molecule has 0 spiro atoms. The Bertz CT molecular complexity index is 522. The molecule has 1 aliphatic rings. The van der Waals surface area contributed by atoms with E-state index in [1.165, 1.54) is 0 Å². The Morgan fingerprint density at radius 3 is 2.83 bits per heavy atom. The van der Waals surface area contributed by atoms with Gasteiger partial charge in [0.25, 0.3) is 0 Å². The van der Waals surface area contributed by atoms with Gasteiger partial charge in [0.2, 0.25) is 0 Å². The van der Waals surface area contributed by atoms with Crippen LogP contribution in [0, 0.1) is 11.3 Å². The number of carbonyl (C=O) groups excluding carboxylic acids is 1. The maximum absolute atomic E-state index is 11.9. The van der Waals surface area contributed by atoms with Crippen LogP contribution in [0.5, 0.6) is 0 Å². The zero-order chi connectivity index (χ0) is 17.0. The van der Waals surface area contributed by atoms with Gasteiger partial charge in [0, 0.05) is 24.6 Å². The predicted molar refractivity (Wildman–Crippen MR) is 91.3 cm³/mol. The summed E-state index contributed by atoms with van der Waals surface area (Å²) in [4.78, 5) is 11.9. The molecule has 5 heteroatoms. The fourth-order valence-corrected chi connectivity index (χ4v) is 3.24. The number of amides is 2. The summed E-state index contributed by atoms with van der Waals surface area (Å²) >= 11 is 0. The predicted octanol–water partition coefficient (Wildman–Crippen LogP) is 3.68. The third kappa shape index (κ3) is 4.49. The molecule has 1 saturated carbocycles. The van der Waals surface area contributed by atoms with Crippen molar-refractivity contribution in [3.63, 3.8) is 0 Å². The molecule has 2 N–H and O–H groups in total. The topological polar surface area (TPSA) is 67.2 Å². The highest BCUT2D eigenvalue weighted by Gasteiger charge is 2.48. The average Bonchev–Trinajstić information content (AvgIpc) is 2.91. The van der Waals surface area contributed by atoms with Gasteiger partial charge in [-0.3, -0.25) is 0 Å². The highest BCUT2D eigenvalue weighted by molar-refractivity contribution is 5.74. The van der Waals surface area contributed by atoms with Crippen LogP contribution in [0.4, 0.5) is 4.79 Å². The molecule has 0 radical (unpaired) electrons. The van der Waals surface area contributed by atoms with Crippen molar-refractivity contribution in [2.24, 2.45) is 11.3 Å². The number of nitrogens with zero attached hydrogens (tertiary/aromatic N) is 1. The summed E-state index contributed by atoms with van der Waals surface area (Å²) in [6.45, 7) is 10.6. The molecular weight excluding hydrogens is 290 g/mol. The van der Waals surface area contributed by atoms with Gasteiger partial charge in [0.1, 0.15) is 5.76 Å². The number of rotatable bonds is 7. The molecule has 2 amide bonds. The third-order valence-electron chi connectivity index (χ3n) is 5.04. The quantitative estimate of drug-likeness (QED) is 0.805. The highest BCUT2D eigenvalue weighted by Crippen LogP contribution is 2.47. The van der Waals surface area contributed by atoms with Gasteiger partial charge in [-0.05, 0) is 44.4 Å². The Morgan fingerprint density at radius 2 is 2.22 bits per heavy atom. The molecule has 2 rings (SSSR count). The normalized spacial score (nSPS) is 22.7. The second-order valence-corrected chi connectivity index (χ2v) is 7.67. The summed E-state index contributed by atoms with van der Waals surface area (Å²) < 4.78 is 5.41. The van der Waals surface area contributed by atoms with Gasteiger partial charge in [-0.2, -0.15) is 0 Å². The van der Waals surface area contributed by atoms with Crippen molar-refractivity contribution in [2.75, 3.05) is 0 Å². The SMILES string of the molecule is CCCCc1cc(C[C@@H]2C[C@H](NC(=O)NC(C)C)C2(C)C)no1. The number of hydrogen-bond acceptors (Lipinski definition) is 3. The molecule has 2 atom stereocenters. The van der Waals surface area contributed by atoms with Crippen molar-refractivity contribution in [3.05, 3.63) is 17.5 Å². The number of urea groups is 1. The monoisotopic (exact) mass is 321 g/mol. The zero-order valence-electron chi connectivity index (χ0n) is 15.1. The van der Waals surface area contributed by atoms with E-state index in [0.717, 1.165) is 43.6 Å². The Balaban J connectivity index is 1.84. The molecule has 0 bridgehead atoms. The number of aryl methyl sites for hydroxylation is 1. The fourth-order valence-electron chi connectivity index (χ4n) is 3.24. The maximum Gasteiger partial charge on any atom is 0.315 e. The summed E-state index contributed by atoms with van der Waals surface area (Å²) in [5, 5.41) is 10.2. The summed E-state index contributed by atoms with van der Waals surface area (Å²) in [6.07, 6.45) is 5.19. The number of nitrogens with one attached hydrogen (secondary N) is 2. The van der Waals surface area contributed by atoms with Crippen molar-refractivity contribution in [3.8, 4) is 0 Å². The molecule has 23 heavy (non-hydrogen) atoms. The lowest BCUT2D eigenvalue weighted by Gasteiger charge is -2.52. The lowest BCUT2D eigenvalue weighted by molar-refractivity contribution is 0.0199. The van der Waals surface area contributed by atoms with Gasteiger partial charge in [-0.25, -0.2) is 4.79 Å². The first kappa shape index (κ1) is 17.8. The Hall–Kier alpha value is -1.52. The van der Waals surface area contributed by atoms with Crippen LogP contribution in [0.3, 0.4) is 0 Å². The maximum atomic E-state index is 11.9. The highest BCUT2D eigenvalue weighted by atomic mass is 16.5. The molecule has 1 fully saturated rings. The van der Waals surface area contributed by atoms with Gasteiger partial charge in [0.05, 0.1) is 5.69 Å². The van der Waals surface area contributed by atoms with Gasteiger partial charge in [-0.1, -0.05) is 32.3 Å². The van der Waals surface area contributed by atoms with Crippen molar-refractivity contribution >= 4 is 6.03 Å². The number of unbranched alkanes of at least 4 members (excludes halogenated alkanes) is 1. The van der Waals surface area contributed by atoms with Crippen molar-refractivity contribution in [1.82, 2.24) is 15.8 Å². The van der Waals surface area contributed by atoms with E-state index in [0.29, 0.717) is 5.92 Å². The first-order valence-electron chi connectivity index (χ1n) is 8.84. The van der Waals surface area contributed by atoms with Crippen LogP contribution in [0.2, 0.25) is 0 Å². The van der Waals surface area contributed by atoms with Crippen molar-refractivity contribution < 1.29 is 9.32 Å². The number of hydrogen-bond donors (Lipinski definition) is 2. The van der Waals surface area contributed by atoms with E-state index >= 15 is 0 Å². The Labute approximate surface area is 139 Å². The molecule has 0 saturated heterocycles. The molecule has 5 nitrogen and oxygen atoms in total. The lowest BCUT2D eigenvalue weighted by atomic mass is 9.57. The van der Waals surface area contributed by atoms with E-state index in [2.05, 4.69) is 42.6 Å². The van der Waals surface area contributed by atoms with Crippen LogP contribution < -0.4 is 10.6 Å². The summed E-state index contributed by atoms with van der Waals surface area (Å²) in [5.74, 6) is 1.51. The Kier molecular flexibility index (Phi) is 5.71.